The van der Waals surface area contributed by atoms with Crippen LogP contribution in [0.25, 0.3) is 0 Å². The zero-order valence-electron chi connectivity index (χ0n) is 8.91. The van der Waals surface area contributed by atoms with E-state index in [2.05, 4.69) is 4.74 Å². The highest BCUT2D eigenvalue weighted by Crippen LogP contribution is 2.41. The van der Waals surface area contributed by atoms with Crippen LogP contribution in [0.1, 0.15) is 32.1 Å². The Balaban J connectivity index is 2.14. The van der Waals surface area contributed by atoms with Crippen LogP contribution in [-0.2, 0) is 14.3 Å². The van der Waals surface area contributed by atoms with Crippen LogP contribution in [0.2, 0.25) is 0 Å². The van der Waals surface area contributed by atoms with Gasteiger partial charge in [-0.15, -0.1) is 0 Å². The van der Waals surface area contributed by atoms with Crippen molar-refractivity contribution in [1.82, 2.24) is 0 Å². The van der Waals surface area contributed by atoms with E-state index in [1.54, 1.807) is 0 Å². The smallest absolute Gasteiger partial charge is 0.339 e. The number of carbonyl (C=O) groups excluding carboxylic acids is 1. The maximum atomic E-state index is 11.3. The van der Waals surface area contributed by atoms with E-state index in [9.17, 15) is 9.90 Å². The molecule has 1 N–H and O–H groups in total. The van der Waals surface area contributed by atoms with Crippen molar-refractivity contribution in [2.24, 2.45) is 0 Å². The van der Waals surface area contributed by atoms with Gasteiger partial charge in [0.25, 0.3) is 0 Å². The van der Waals surface area contributed by atoms with Gasteiger partial charge < -0.3 is 14.6 Å². The average Bonchev–Trinajstić information content (AvgIpc) is 2.65. The van der Waals surface area contributed by atoms with E-state index < -0.39 is 5.97 Å². The Morgan fingerprint density at radius 3 is 2.67 bits per heavy atom. The van der Waals surface area contributed by atoms with Crippen molar-refractivity contribution >= 4 is 5.97 Å². The molecule has 2 aliphatic rings. The van der Waals surface area contributed by atoms with Gasteiger partial charge in [-0.1, -0.05) is 12.8 Å². The summed E-state index contributed by atoms with van der Waals surface area (Å²) in [4.78, 5) is 11.3. The van der Waals surface area contributed by atoms with Gasteiger partial charge in [-0.25, -0.2) is 4.79 Å². The largest absolute Gasteiger partial charge is 0.512 e. The van der Waals surface area contributed by atoms with E-state index >= 15 is 0 Å². The minimum absolute atomic E-state index is 0.148. The molecule has 0 aromatic carbocycles. The summed E-state index contributed by atoms with van der Waals surface area (Å²) in [5, 5.41) is 9.79. The maximum Gasteiger partial charge on any atom is 0.339 e. The summed E-state index contributed by atoms with van der Waals surface area (Å²) in [6.45, 7) is 0.179. The fraction of sp³-hybridized carbons (Fsp3) is 0.727. The first kappa shape index (κ1) is 10.5. The summed E-state index contributed by atoms with van der Waals surface area (Å²) in [7, 11) is 1.31. The number of hydrogen-bond donors (Lipinski definition) is 1. The SMILES string of the molecule is COC(=O)C1=C(O)CC2(CCCC2)OC1. The molecule has 0 bridgehead atoms. The molecule has 1 saturated carbocycles. The lowest BCUT2D eigenvalue weighted by atomic mass is 9.92. The van der Waals surface area contributed by atoms with Crippen molar-refractivity contribution in [3.05, 3.63) is 11.3 Å². The van der Waals surface area contributed by atoms with Gasteiger partial charge in [0.2, 0.25) is 0 Å². The predicted octanol–water partition coefficient (Wildman–Crippen LogP) is 1.70. The molecule has 2 rings (SSSR count). The van der Waals surface area contributed by atoms with Gasteiger partial charge in [0.15, 0.2) is 0 Å². The first-order valence-electron chi connectivity index (χ1n) is 5.30. The number of rotatable bonds is 1. The number of aliphatic hydroxyl groups is 1. The van der Waals surface area contributed by atoms with Crippen molar-refractivity contribution in [2.75, 3.05) is 13.7 Å². The molecule has 1 aliphatic carbocycles. The van der Waals surface area contributed by atoms with Gasteiger partial charge >= 0.3 is 5.97 Å². The molecule has 84 valence electrons. The predicted molar refractivity (Wildman–Crippen MR) is 53.4 cm³/mol. The molecule has 0 saturated heterocycles. The standard InChI is InChI=1S/C11H16O4/c1-14-10(13)8-7-15-11(6-9(8)12)4-2-3-5-11/h12H,2-7H2,1H3. The van der Waals surface area contributed by atoms with Crippen LogP contribution in [0.15, 0.2) is 11.3 Å². The van der Waals surface area contributed by atoms with Crippen molar-refractivity contribution < 1.29 is 19.4 Å². The Morgan fingerprint density at radius 2 is 2.13 bits per heavy atom. The third kappa shape index (κ3) is 1.86. The zero-order chi connectivity index (χ0) is 10.9. The van der Waals surface area contributed by atoms with Gasteiger partial charge in [-0.2, -0.15) is 0 Å². The number of carbonyl (C=O) groups is 1. The molecular formula is C11H16O4. The third-order valence-electron chi connectivity index (χ3n) is 3.31. The van der Waals surface area contributed by atoms with Crippen molar-refractivity contribution in [3.8, 4) is 0 Å². The van der Waals surface area contributed by atoms with E-state index in [-0.39, 0.29) is 23.5 Å². The second kappa shape index (κ2) is 3.85. The van der Waals surface area contributed by atoms with Crippen LogP contribution in [0.3, 0.4) is 0 Å². The maximum absolute atomic E-state index is 11.3. The second-order valence-electron chi connectivity index (χ2n) is 4.27. The molecule has 1 heterocycles. The summed E-state index contributed by atoms with van der Waals surface area (Å²) >= 11 is 0. The molecule has 0 atom stereocenters. The van der Waals surface area contributed by atoms with Gasteiger partial charge in [0, 0.05) is 6.42 Å². The molecule has 0 amide bonds. The lowest BCUT2D eigenvalue weighted by Gasteiger charge is -2.33. The van der Waals surface area contributed by atoms with Gasteiger partial charge in [0.1, 0.15) is 11.3 Å². The summed E-state index contributed by atoms with van der Waals surface area (Å²) in [5.74, 6) is -0.338. The summed E-state index contributed by atoms with van der Waals surface area (Å²) in [5.41, 5.74) is 0.0664. The van der Waals surface area contributed by atoms with E-state index in [0.29, 0.717) is 6.42 Å². The van der Waals surface area contributed by atoms with Crippen LogP contribution in [0, 0.1) is 0 Å². The average molecular weight is 212 g/mol. The Labute approximate surface area is 88.9 Å². The zero-order valence-corrected chi connectivity index (χ0v) is 8.91. The highest BCUT2D eigenvalue weighted by atomic mass is 16.5. The van der Waals surface area contributed by atoms with Crippen molar-refractivity contribution in [2.45, 2.75) is 37.7 Å². The molecule has 0 aromatic rings. The molecule has 4 heteroatoms. The lowest BCUT2D eigenvalue weighted by molar-refractivity contribution is -0.139. The molecule has 15 heavy (non-hydrogen) atoms. The molecular weight excluding hydrogens is 196 g/mol. The minimum Gasteiger partial charge on any atom is -0.512 e. The van der Waals surface area contributed by atoms with Crippen molar-refractivity contribution in [1.29, 1.82) is 0 Å². The normalized spacial score (nSPS) is 24.6. The van der Waals surface area contributed by atoms with Gasteiger partial charge in [-0.3, -0.25) is 0 Å². The van der Waals surface area contributed by atoms with Gasteiger partial charge in [-0.05, 0) is 12.8 Å². The summed E-state index contributed by atoms with van der Waals surface area (Å²) < 4.78 is 10.3. The summed E-state index contributed by atoms with van der Waals surface area (Å²) in [6.07, 6.45) is 4.69. The van der Waals surface area contributed by atoms with Crippen LogP contribution in [-0.4, -0.2) is 30.4 Å². The molecule has 0 aromatic heterocycles. The second-order valence-corrected chi connectivity index (χ2v) is 4.27. The molecule has 1 aliphatic heterocycles. The number of ether oxygens (including phenoxy) is 2. The van der Waals surface area contributed by atoms with Crippen LogP contribution < -0.4 is 0 Å². The molecule has 1 fully saturated rings. The fourth-order valence-corrected chi connectivity index (χ4v) is 2.41. The van der Waals surface area contributed by atoms with Crippen LogP contribution >= 0.6 is 0 Å². The van der Waals surface area contributed by atoms with Crippen LogP contribution in [0.5, 0.6) is 0 Å². The first-order chi connectivity index (χ1) is 7.17. The molecule has 0 radical (unpaired) electrons. The molecule has 4 nitrogen and oxygen atoms in total. The Hall–Kier alpha value is -1.03. The first-order valence-corrected chi connectivity index (χ1v) is 5.30. The third-order valence-corrected chi connectivity index (χ3v) is 3.31. The fourth-order valence-electron chi connectivity index (χ4n) is 2.41. The van der Waals surface area contributed by atoms with Gasteiger partial charge in [0.05, 0.1) is 19.3 Å². The Bertz CT molecular complexity index is 300. The number of esters is 1. The summed E-state index contributed by atoms with van der Waals surface area (Å²) in [6, 6.07) is 0. The monoisotopic (exact) mass is 212 g/mol. The Morgan fingerprint density at radius 1 is 1.47 bits per heavy atom. The quantitative estimate of drug-likeness (QED) is 0.672. The number of methoxy groups -OCH3 is 1. The lowest BCUT2D eigenvalue weighted by Crippen LogP contribution is -2.36. The number of aliphatic hydroxyl groups excluding tert-OH is 1. The topological polar surface area (TPSA) is 55.8 Å². The van der Waals surface area contributed by atoms with Crippen LogP contribution in [0.4, 0.5) is 0 Å². The van der Waals surface area contributed by atoms with E-state index in [0.717, 1.165) is 25.7 Å². The number of hydrogen-bond acceptors (Lipinski definition) is 4. The highest BCUT2D eigenvalue weighted by Gasteiger charge is 2.40. The minimum atomic E-state index is -0.486. The molecule has 1 spiro atoms. The van der Waals surface area contributed by atoms with Crippen molar-refractivity contribution in [3.63, 3.8) is 0 Å². The highest BCUT2D eigenvalue weighted by molar-refractivity contribution is 5.89. The molecule has 0 unspecified atom stereocenters. The van der Waals surface area contributed by atoms with E-state index in [1.807, 2.05) is 0 Å². The van der Waals surface area contributed by atoms with E-state index in [1.165, 1.54) is 7.11 Å². The van der Waals surface area contributed by atoms with E-state index in [4.69, 9.17) is 4.74 Å². The Kier molecular flexibility index (Phi) is 2.69.